The van der Waals surface area contributed by atoms with Gasteiger partial charge in [0.15, 0.2) is 0 Å². The first kappa shape index (κ1) is 48.3. The van der Waals surface area contributed by atoms with Crippen LogP contribution in [0.1, 0.15) is 205 Å². The van der Waals surface area contributed by atoms with Gasteiger partial charge in [0.1, 0.15) is 0 Å². The molecule has 6 atom stereocenters. The second kappa shape index (κ2) is 32.7. The molecular weight excluding hydrogens is 633 g/mol. The molecule has 0 bridgehead atoms. The highest BCUT2D eigenvalue weighted by Gasteiger charge is 2.27. The Morgan fingerprint density at radius 3 is 1.40 bits per heavy atom. The molecule has 1 aliphatic carbocycles. The first-order valence-corrected chi connectivity index (χ1v) is 22.5. The Balaban J connectivity index is -0.000000641. The summed E-state index contributed by atoms with van der Waals surface area (Å²) >= 11 is 0. The van der Waals surface area contributed by atoms with Gasteiger partial charge in [0, 0.05) is 40.2 Å². The molecule has 6 rings (SSSR count). The van der Waals surface area contributed by atoms with E-state index in [2.05, 4.69) is 126 Å². The molecule has 1 saturated carbocycles. The molecule has 306 valence electrons. The van der Waals surface area contributed by atoms with Gasteiger partial charge in [-0.2, -0.15) is 0 Å². The summed E-state index contributed by atoms with van der Waals surface area (Å²) in [5.74, 6) is 3.14. The number of pyridine rings is 1. The van der Waals surface area contributed by atoms with E-state index in [0.29, 0.717) is 23.9 Å². The third-order valence-corrected chi connectivity index (χ3v) is 11.3. The number of nitrogens with one attached hydrogen (secondary N) is 3. The van der Waals surface area contributed by atoms with Crippen LogP contribution in [0.5, 0.6) is 0 Å². The normalized spacial score (nSPS) is 23.3. The predicted octanol–water partition coefficient (Wildman–Crippen LogP) is 14.0. The minimum absolute atomic E-state index is 0. The summed E-state index contributed by atoms with van der Waals surface area (Å²) in [7, 11) is 0. The van der Waals surface area contributed by atoms with Crippen molar-refractivity contribution in [1.29, 1.82) is 0 Å². The van der Waals surface area contributed by atoms with E-state index in [4.69, 9.17) is 0 Å². The monoisotopic (exact) mass is 727 g/mol. The number of piperidine rings is 3. The van der Waals surface area contributed by atoms with Gasteiger partial charge in [-0.05, 0) is 93.6 Å². The highest BCUT2D eigenvalue weighted by Crippen LogP contribution is 2.33. The van der Waals surface area contributed by atoms with Crippen molar-refractivity contribution in [2.75, 3.05) is 19.6 Å². The van der Waals surface area contributed by atoms with E-state index in [0.717, 1.165) is 17.9 Å². The molecule has 4 fully saturated rings. The van der Waals surface area contributed by atoms with Crippen LogP contribution in [0.2, 0.25) is 0 Å². The van der Waals surface area contributed by atoms with Crippen LogP contribution in [0, 0.1) is 11.8 Å². The maximum Gasteiger partial charge on any atom is 0.0447 e. The highest BCUT2D eigenvalue weighted by molar-refractivity contribution is 5.20. The van der Waals surface area contributed by atoms with Gasteiger partial charge < -0.3 is 16.0 Å². The van der Waals surface area contributed by atoms with Crippen molar-refractivity contribution in [3.8, 4) is 0 Å². The molecule has 52 heavy (non-hydrogen) atoms. The lowest BCUT2D eigenvalue weighted by molar-refractivity contribution is 0.190. The zero-order valence-electron chi connectivity index (χ0n) is 36.0. The van der Waals surface area contributed by atoms with Gasteiger partial charge in [0.25, 0.3) is 0 Å². The summed E-state index contributed by atoms with van der Waals surface area (Å²) in [4.78, 5) is 4.41. The molecule has 1 aromatic heterocycles. The lowest BCUT2D eigenvalue weighted by Crippen LogP contribution is -2.42. The number of unbranched alkanes of at least 4 members (excludes halogenated alkanes) is 1. The van der Waals surface area contributed by atoms with Crippen molar-refractivity contribution in [1.82, 2.24) is 20.9 Å². The van der Waals surface area contributed by atoms with Gasteiger partial charge in [-0.25, -0.2) is 0 Å². The largest absolute Gasteiger partial charge is 0.314 e. The number of aromatic nitrogens is 1. The second-order valence-corrected chi connectivity index (χ2v) is 16.1. The predicted molar refractivity (Wildman–Crippen MR) is 239 cm³/mol. The van der Waals surface area contributed by atoms with Crippen LogP contribution in [0.4, 0.5) is 0 Å². The zero-order valence-corrected chi connectivity index (χ0v) is 36.0. The summed E-state index contributed by atoms with van der Waals surface area (Å²) in [6, 6.07) is 19.2. The summed E-state index contributed by atoms with van der Waals surface area (Å²) in [6.45, 7) is 23.6. The van der Waals surface area contributed by atoms with Gasteiger partial charge in [0.2, 0.25) is 0 Å². The standard InChI is InChI=1S/C13H25N.C13H19N.C12H18N2.C4H10.2C3H8.3H2/c2*1-11(12-7-3-2-4-8-12)13-9-5-6-10-14-13;1-10(11-6-2-4-8-13-11)12-7-3-5-9-14-12;1-3-4-2;2*1-3-2;;;/h11-14H,2-10H2,1H3;2-4,7-8,11,13-14H,5-6,9-10H2,1H3;2,4,6,8,10,12,14H,3,5,7,9H2,1H3;3-4H2,1-2H3;2*3H2,1-2H3;3*1H. The quantitative estimate of drug-likeness (QED) is 0.266. The van der Waals surface area contributed by atoms with E-state index in [9.17, 15) is 0 Å². The SMILES string of the molecule is CC(C1CCCCC1)C1CCCCN1.CC(c1ccccc1)C1CCCCN1.CC(c1ccccn1)C1CCCCN1.CCC.CCC.CCCC.[HH].[HH].[HH]. The fourth-order valence-electron chi connectivity index (χ4n) is 7.77. The van der Waals surface area contributed by atoms with E-state index in [-0.39, 0.29) is 4.28 Å². The molecule has 4 nitrogen and oxygen atoms in total. The van der Waals surface area contributed by atoms with Crippen LogP contribution in [0.15, 0.2) is 54.7 Å². The third-order valence-electron chi connectivity index (χ3n) is 11.3. The van der Waals surface area contributed by atoms with Crippen LogP contribution in [-0.2, 0) is 0 Å². The lowest BCUT2D eigenvalue weighted by Gasteiger charge is -2.36. The number of hydrogen-bond donors (Lipinski definition) is 3. The van der Waals surface area contributed by atoms with Gasteiger partial charge in [-0.3, -0.25) is 4.98 Å². The van der Waals surface area contributed by atoms with Gasteiger partial charge in [0.05, 0.1) is 0 Å². The summed E-state index contributed by atoms with van der Waals surface area (Å²) in [5, 5.41) is 10.9. The Bertz CT molecular complexity index is 925. The van der Waals surface area contributed by atoms with Crippen LogP contribution >= 0.6 is 0 Å². The molecule has 4 heterocycles. The molecule has 6 unspecified atom stereocenters. The van der Waals surface area contributed by atoms with Crippen LogP contribution < -0.4 is 16.0 Å². The van der Waals surface area contributed by atoms with Crippen molar-refractivity contribution in [2.24, 2.45) is 11.8 Å². The fraction of sp³-hybridized carbons (Fsp3) is 0.771. The zero-order chi connectivity index (χ0) is 38.2. The first-order valence-electron chi connectivity index (χ1n) is 22.5. The van der Waals surface area contributed by atoms with E-state index in [1.54, 1.807) is 0 Å². The summed E-state index contributed by atoms with van der Waals surface area (Å²) in [6.07, 6.45) is 26.8. The summed E-state index contributed by atoms with van der Waals surface area (Å²) in [5.41, 5.74) is 2.68. The highest BCUT2D eigenvalue weighted by atomic mass is 14.9. The number of benzene rings is 1. The van der Waals surface area contributed by atoms with Crippen molar-refractivity contribution < 1.29 is 4.28 Å². The van der Waals surface area contributed by atoms with E-state index < -0.39 is 0 Å². The van der Waals surface area contributed by atoms with Gasteiger partial charge in [-0.1, -0.05) is 176 Å². The number of nitrogens with zero attached hydrogens (tertiary/aromatic N) is 1. The summed E-state index contributed by atoms with van der Waals surface area (Å²) < 4.78 is 0. The van der Waals surface area contributed by atoms with Crippen LogP contribution in [0.3, 0.4) is 0 Å². The van der Waals surface area contributed by atoms with Crippen molar-refractivity contribution in [3.05, 3.63) is 66.0 Å². The maximum atomic E-state index is 4.41. The van der Waals surface area contributed by atoms with E-state index in [1.807, 2.05) is 12.3 Å². The van der Waals surface area contributed by atoms with Crippen molar-refractivity contribution in [2.45, 2.75) is 208 Å². The van der Waals surface area contributed by atoms with Crippen molar-refractivity contribution in [3.63, 3.8) is 0 Å². The Kier molecular flexibility index (Phi) is 30.3. The molecule has 2 aromatic rings. The van der Waals surface area contributed by atoms with Crippen LogP contribution in [0.25, 0.3) is 0 Å². The lowest BCUT2D eigenvalue weighted by atomic mass is 9.76. The van der Waals surface area contributed by atoms with Gasteiger partial charge >= 0.3 is 0 Å². The third kappa shape index (κ3) is 21.2. The average molecular weight is 727 g/mol. The second-order valence-electron chi connectivity index (χ2n) is 16.1. The molecule has 4 heteroatoms. The Morgan fingerprint density at radius 1 is 0.538 bits per heavy atom. The number of rotatable bonds is 7. The average Bonchev–Trinajstić information content (AvgIpc) is 3.23. The molecule has 3 aliphatic heterocycles. The Hall–Kier alpha value is -1.75. The number of hydrogen-bond acceptors (Lipinski definition) is 4. The topological polar surface area (TPSA) is 49.0 Å². The van der Waals surface area contributed by atoms with Gasteiger partial charge in [-0.15, -0.1) is 0 Å². The molecule has 0 amide bonds. The van der Waals surface area contributed by atoms with Crippen LogP contribution in [-0.4, -0.2) is 42.7 Å². The maximum absolute atomic E-state index is 4.41. The molecule has 1 aromatic carbocycles. The minimum atomic E-state index is 0. The molecular formula is C48H94N4. The van der Waals surface area contributed by atoms with E-state index in [1.165, 1.54) is 146 Å². The van der Waals surface area contributed by atoms with Crippen molar-refractivity contribution >= 4 is 0 Å². The minimum Gasteiger partial charge on any atom is -0.314 e. The Labute approximate surface area is 329 Å². The van der Waals surface area contributed by atoms with E-state index >= 15 is 0 Å². The smallest absolute Gasteiger partial charge is 0.0447 e. The molecule has 3 saturated heterocycles. The Morgan fingerprint density at radius 2 is 0.981 bits per heavy atom. The first-order chi connectivity index (χ1) is 25.4. The molecule has 0 spiro atoms. The molecule has 4 aliphatic rings. The molecule has 0 radical (unpaired) electrons. The molecule has 3 N–H and O–H groups in total. The fourth-order valence-corrected chi connectivity index (χ4v) is 7.77.